The summed E-state index contributed by atoms with van der Waals surface area (Å²) in [6, 6.07) is 8.85. The van der Waals surface area contributed by atoms with Gasteiger partial charge in [0.25, 0.3) is 0 Å². The summed E-state index contributed by atoms with van der Waals surface area (Å²) in [6.07, 6.45) is 0. The average molecular weight is 407 g/mol. The first-order chi connectivity index (χ1) is 13.4. The first-order valence-electron chi connectivity index (χ1n) is 8.20. The fraction of sp³-hybridized carbons (Fsp3) is 0.211. The highest BCUT2D eigenvalue weighted by atomic mass is 35.5. The molecule has 2 aromatic carbocycles. The van der Waals surface area contributed by atoms with Crippen molar-refractivity contribution in [3.63, 3.8) is 0 Å². The van der Waals surface area contributed by atoms with Crippen LogP contribution in [0.25, 0.3) is 0 Å². The molecular formula is C19H19ClN2O6. The Balaban J connectivity index is 2.07. The Hall–Kier alpha value is -3.26. The summed E-state index contributed by atoms with van der Waals surface area (Å²) in [7, 11) is 2.82. The summed E-state index contributed by atoms with van der Waals surface area (Å²) in [5.41, 5.74) is 0.901. The van der Waals surface area contributed by atoms with Gasteiger partial charge in [0.1, 0.15) is 11.5 Å². The quantitative estimate of drug-likeness (QED) is 0.564. The first kappa shape index (κ1) is 21.0. The summed E-state index contributed by atoms with van der Waals surface area (Å²) in [5.74, 6) is -1.71. The van der Waals surface area contributed by atoms with Gasteiger partial charge in [0.2, 0.25) is 0 Å². The van der Waals surface area contributed by atoms with Crippen molar-refractivity contribution < 1.29 is 28.6 Å². The smallest absolute Gasteiger partial charge is 0.338 e. The molecule has 148 valence electrons. The van der Waals surface area contributed by atoms with Crippen LogP contribution >= 0.6 is 11.6 Å². The maximum absolute atomic E-state index is 12.2. The van der Waals surface area contributed by atoms with Gasteiger partial charge in [-0.25, -0.2) is 4.79 Å². The lowest BCUT2D eigenvalue weighted by Gasteiger charge is -2.13. The molecule has 0 spiro atoms. The van der Waals surface area contributed by atoms with E-state index in [1.165, 1.54) is 50.6 Å². The second kappa shape index (κ2) is 9.61. The molecule has 0 aliphatic carbocycles. The third-order valence-corrected chi connectivity index (χ3v) is 3.88. The predicted molar refractivity (Wildman–Crippen MR) is 104 cm³/mol. The van der Waals surface area contributed by atoms with Crippen molar-refractivity contribution in [2.75, 3.05) is 31.5 Å². The molecule has 0 aromatic heterocycles. The van der Waals surface area contributed by atoms with Crippen LogP contribution in [-0.2, 0) is 14.3 Å². The zero-order valence-electron chi connectivity index (χ0n) is 15.5. The second-order valence-corrected chi connectivity index (χ2v) is 5.80. The minimum Gasteiger partial charge on any atom is -0.495 e. The molecule has 2 rings (SSSR count). The Labute approximate surface area is 166 Å². The van der Waals surface area contributed by atoms with E-state index >= 15 is 0 Å². The molecule has 0 saturated carbocycles. The lowest BCUT2D eigenvalue weighted by molar-refractivity contribution is -0.133. The molecule has 0 atom stereocenters. The van der Waals surface area contributed by atoms with Gasteiger partial charge in [0.05, 0.1) is 37.1 Å². The molecular weight excluding hydrogens is 388 g/mol. The number of carbonyl (C=O) groups is 3. The van der Waals surface area contributed by atoms with Crippen LogP contribution in [0.5, 0.6) is 11.5 Å². The zero-order chi connectivity index (χ0) is 20.7. The normalized spacial score (nSPS) is 10.0. The average Bonchev–Trinajstić information content (AvgIpc) is 2.69. The van der Waals surface area contributed by atoms with Gasteiger partial charge in [-0.15, -0.1) is 0 Å². The van der Waals surface area contributed by atoms with E-state index in [9.17, 15) is 14.4 Å². The van der Waals surface area contributed by atoms with E-state index in [-0.39, 0.29) is 18.0 Å². The van der Waals surface area contributed by atoms with E-state index in [0.717, 1.165) is 0 Å². The summed E-state index contributed by atoms with van der Waals surface area (Å²) < 4.78 is 15.1. The number of ether oxygens (including phenoxy) is 3. The Morgan fingerprint density at radius 2 is 1.54 bits per heavy atom. The zero-order valence-corrected chi connectivity index (χ0v) is 16.3. The molecule has 0 aliphatic rings. The fourth-order valence-electron chi connectivity index (χ4n) is 2.23. The van der Waals surface area contributed by atoms with Gasteiger partial charge in [-0.2, -0.15) is 0 Å². The van der Waals surface area contributed by atoms with E-state index in [1.807, 2.05) is 0 Å². The van der Waals surface area contributed by atoms with Gasteiger partial charge < -0.3 is 24.8 Å². The van der Waals surface area contributed by atoms with Gasteiger partial charge in [-0.05, 0) is 31.2 Å². The highest BCUT2D eigenvalue weighted by Crippen LogP contribution is 2.35. The summed E-state index contributed by atoms with van der Waals surface area (Å²) >= 11 is 6.01. The van der Waals surface area contributed by atoms with Crippen LogP contribution < -0.4 is 20.1 Å². The topological polar surface area (TPSA) is 103 Å². The fourth-order valence-corrected chi connectivity index (χ4v) is 2.46. The summed E-state index contributed by atoms with van der Waals surface area (Å²) in [5, 5.41) is 5.17. The third kappa shape index (κ3) is 5.14. The molecule has 0 fully saturated rings. The number of hydrogen-bond acceptors (Lipinski definition) is 6. The summed E-state index contributed by atoms with van der Waals surface area (Å²) in [4.78, 5) is 36.0. The standard InChI is InChI=1S/C19H19ClN2O6/c1-4-28-19(25)11-5-7-12(8-6-11)21-17(23)18(24)22-14-10-15(26-2)13(20)9-16(14)27-3/h5-10H,4H2,1-3H3,(H,21,23)(H,22,24). The molecule has 28 heavy (non-hydrogen) atoms. The van der Waals surface area contributed by atoms with E-state index in [1.54, 1.807) is 6.92 Å². The van der Waals surface area contributed by atoms with Crippen molar-refractivity contribution in [3.8, 4) is 11.5 Å². The van der Waals surface area contributed by atoms with E-state index in [4.69, 9.17) is 25.8 Å². The SMILES string of the molecule is CCOC(=O)c1ccc(NC(=O)C(=O)Nc2cc(OC)c(Cl)cc2OC)cc1. The van der Waals surface area contributed by atoms with Crippen molar-refractivity contribution in [2.45, 2.75) is 6.92 Å². The van der Waals surface area contributed by atoms with Gasteiger partial charge in [0.15, 0.2) is 0 Å². The van der Waals surface area contributed by atoms with Crippen LogP contribution in [-0.4, -0.2) is 38.6 Å². The number of rotatable bonds is 6. The molecule has 2 amide bonds. The highest BCUT2D eigenvalue weighted by Gasteiger charge is 2.18. The van der Waals surface area contributed by atoms with Crippen LogP contribution in [0.1, 0.15) is 17.3 Å². The van der Waals surface area contributed by atoms with E-state index in [2.05, 4.69) is 10.6 Å². The molecule has 2 N–H and O–H groups in total. The van der Waals surface area contributed by atoms with Crippen molar-refractivity contribution >= 4 is 40.8 Å². The predicted octanol–water partition coefficient (Wildman–Crippen LogP) is 3.11. The molecule has 2 aromatic rings. The minimum atomic E-state index is -0.919. The molecule has 9 heteroatoms. The number of nitrogens with one attached hydrogen (secondary N) is 2. The van der Waals surface area contributed by atoms with Crippen molar-refractivity contribution in [3.05, 3.63) is 47.0 Å². The first-order valence-corrected chi connectivity index (χ1v) is 8.58. The Bertz CT molecular complexity index is 883. The molecule has 0 unspecified atom stereocenters. The van der Waals surface area contributed by atoms with Crippen LogP contribution in [0.2, 0.25) is 5.02 Å². The van der Waals surface area contributed by atoms with Gasteiger partial charge in [0, 0.05) is 17.8 Å². The number of amides is 2. The van der Waals surface area contributed by atoms with Crippen LogP contribution in [0.3, 0.4) is 0 Å². The third-order valence-electron chi connectivity index (χ3n) is 3.58. The number of carbonyl (C=O) groups excluding carboxylic acids is 3. The molecule has 0 radical (unpaired) electrons. The number of anilines is 2. The molecule has 0 aliphatic heterocycles. The minimum absolute atomic E-state index is 0.224. The number of hydrogen-bond donors (Lipinski definition) is 2. The molecule has 0 saturated heterocycles. The second-order valence-electron chi connectivity index (χ2n) is 5.39. The monoisotopic (exact) mass is 406 g/mol. The maximum Gasteiger partial charge on any atom is 0.338 e. The Kier molecular flexibility index (Phi) is 7.22. The number of esters is 1. The summed E-state index contributed by atoms with van der Waals surface area (Å²) in [6.45, 7) is 1.97. The maximum atomic E-state index is 12.2. The van der Waals surface area contributed by atoms with Crippen molar-refractivity contribution in [1.82, 2.24) is 0 Å². The number of benzene rings is 2. The lowest BCUT2D eigenvalue weighted by atomic mass is 10.2. The molecule has 0 heterocycles. The highest BCUT2D eigenvalue weighted by molar-refractivity contribution is 6.44. The number of halogens is 1. The van der Waals surface area contributed by atoms with Crippen LogP contribution in [0.4, 0.5) is 11.4 Å². The van der Waals surface area contributed by atoms with Gasteiger partial charge in [-0.3, -0.25) is 9.59 Å². The van der Waals surface area contributed by atoms with Crippen molar-refractivity contribution in [2.24, 2.45) is 0 Å². The van der Waals surface area contributed by atoms with E-state index in [0.29, 0.717) is 22.0 Å². The van der Waals surface area contributed by atoms with Crippen LogP contribution in [0, 0.1) is 0 Å². The van der Waals surface area contributed by atoms with E-state index < -0.39 is 17.8 Å². The van der Waals surface area contributed by atoms with Crippen molar-refractivity contribution in [1.29, 1.82) is 0 Å². The molecule has 0 bridgehead atoms. The molecule has 8 nitrogen and oxygen atoms in total. The van der Waals surface area contributed by atoms with Gasteiger partial charge in [-0.1, -0.05) is 11.6 Å². The Morgan fingerprint density at radius 3 is 2.11 bits per heavy atom. The Morgan fingerprint density at radius 1 is 0.929 bits per heavy atom. The lowest BCUT2D eigenvalue weighted by Crippen LogP contribution is -2.29. The number of methoxy groups -OCH3 is 2. The largest absolute Gasteiger partial charge is 0.495 e. The van der Waals surface area contributed by atoms with Crippen LogP contribution in [0.15, 0.2) is 36.4 Å². The van der Waals surface area contributed by atoms with Gasteiger partial charge >= 0.3 is 17.8 Å².